The molecule has 1 atom stereocenters. The Bertz CT molecular complexity index is 539. The average molecular weight is 406 g/mol. The van der Waals surface area contributed by atoms with Gasteiger partial charge in [0.05, 0.1) is 0 Å². The van der Waals surface area contributed by atoms with Crippen molar-refractivity contribution < 1.29 is 9.59 Å². The Balaban J connectivity index is 0.00000312. The highest BCUT2D eigenvalue weighted by molar-refractivity contribution is 5.85. The Kier molecular flexibility index (Phi) is 12.0. The lowest BCUT2D eigenvalue weighted by atomic mass is 10.1. The predicted molar refractivity (Wildman–Crippen MR) is 108 cm³/mol. The smallest absolute Gasteiger partial charge is 0.224 e. The lowest BCUT2D eigenvalue weighted by molar-refractivity contribution is -0.131. The molecule has 26 heavy (non-hydrogen) atoms. The molecule has 1 saturated heterocycles. The number of hydrogen-bond acceptors (Lipinski definition) is 5. The zero-order valence-corrected chi connectivity index (χ0v) is 16.9. The predicted octanol–water partition coefficient (Wildman–Crippen LogP) is 0.936. The van der Waals surface area contributed by atoms with Crippen molar-refractivity contribution in [3.05, 3.63) is 24.4 Å². The third-order valence-electron chi connectivity index (χ3n) is 4.20. The third-order valence-corrected chi connectivity index (χ3v) is 4.20. The Labute approximate surface area is 167 Å². The quantitative estimate of drug-likeness (QED) is 0.705. The van der Waals surface area contributed by atoms with Crippen LogP contribution in [0, 0.1) is 5.92 Å². The Morgan fingerprint density at radius 3 is 2.46 bits per heavy atom. The van der Waals surface area contributed by atoms with Crippen LogP contribution in [-0.4, -0.2) is 68.0 Å². The fraction of sp³-hybridized carbons (Fsp3) is 0.588. The van der Waals surface area contributed by atoms with E-state index < -0.39 is 0 Å². The van der Waals surface area contributed by atoms with Crippen LogP contribution >= 0.6 is 24.8 Å². The van der Waals surface area contributed by atoms with E-state index in [0.717, 1.165) is 18.9 Å². The van der Waals surface area contributed by atoms with Gasteiger partial charge in [-0.2, -0.15) is 0 Å². The van der Waals surface area contributed by atoms with Crippen LogP contribution in [0.5, 0.6) is 0 Å². The van der Waals surface area contributed by atoms with Crippen molar-refractivity contribution in [2.24, 2.45) is 5.92 Å². The number of piperazine rings is 1. The highest BCUT2D eigenvalue weighted by atomic mass is 35.5. The van der Waals surface area contributed by atoms with Crippen molar-refractivity contribution in [1.82, 2.24) is 20.5 Å². The van der Waals surface area contributed by atoms with Gasteiger partial charge >= 0.3 is 0 Å². The summed E-state index contributed by atoms with van der Waals surface area (Å²) in [5.41, 5.74) is 0. The zero-order valence-electron chi connectivity index (χ0n) is 15.3. The molecule has 1 aromatic heterocycles. The maximum atomic E-state index is 12.2. The summed E-state index contributed by atoms with van der Waals surface area (Å²) in [6.45, 7) is 5.85. The van der Waals surface area contributed by atoms with Crippen LogP contribution in [0.25, 0.3) is 0 Å². The molecule has 2 heterocycles. The van der Waals surface area contributed by atoms with Crippen LogP contribution in [0.2, 0.25) is 0 Å². The minimum Gasteiger partial charge on any atom is -0.355 e. The lowest BCUT2D eigenvalue weighted by Gasteiger charge is -2.35. The molecule has 0 aromatic carbocycles. The third kappa shape index (κ3) is 7.35. The molecule has 2 N–H and O–H groups in total. The van der Waals surface area contributed by atoms with Gasteiger partial charge < -0.3 is 20.4 Å². The van der Waals surface area contributed by atoms with Gasteiger partial charge in [0.25, 0.3) is 0 Å². The minimum atomic E-state index is -0.0907. The minimum absolute atomic E-state index is 0. The second-order valence-electron chi connectivity index (χ2n) is 6.06. The van der Waals surface area contributed by atoms with Gasteiger partial charge in [0.15, 0.2) is 0 Å². The fourth-order valence-corrected chi connectivity index (χ4v) is 2.75. The number of aromatic nitrogens is 1. The molecule has 2 rings (SSSR count). The molecule has 1 fully saturated rings. The fourth-order valence-electron chi connectivity index (χ4n) is 2.75. The van der Waals surface area contributed by atoms with E-state index in [9.17, 15) is 9.59 Å². The molecule has 9 heteroatoms. The molecule has 0 aliphatic carbocycles. The van der Waals surface area contributed by atoms with Gasteiger partial charge in [-0.15, -0.1) is 24.8 Å². The van der Waals surface area contributed by atoms with Crippen molar-refractivity contribution in [3.63, 3.8) is 0 Å². The van der Waals surface area contributed by atoms with Crippen molar-refractivity contribution >= 4 is 42.4 Å². The summed E-state index contributed by atoms with van der Waals surface area (Å²) in [6, 6.07) is 5.85. The summed E-state index contributed by atoms with van der Waals surface area (Å²) in [5, 5.41) is 5.80. The highest BCUT2D eigenvalue weighted by Crippen LogP contribution is 2.12. The maximum absolute atomic E-state index is 12.2. The number of amides is 2. The molecular weight excluding hydrogens is 377 g/mol. The number of rotatable bonds is 7. The van der Waals surface area contributed by atoms with Crippen molar-refractivity contribution in [3.8, 4) is 0 Å². The number of pyridine rings is 1. The lowest BCUT2D eigenvalue weighted by Crippen LogP contribution is -2.49. The molecular formula is C17H29Cl2N5O2. The van der Waals surface area contributed by atoms with Crippen LogP contribution in [0.15, 0.2) is 24.4 Å². The largest absolute Gasteiger partial charge is 0.355 e. The van der Waals surface area contributed by atoms with Crippen LogP contribution in [0.4, 0.5) is 5.82 Å². The van der Waals surface area contributed by atoms with Crippen molar-refractivity contribution in [2.75, 3.05) is 51.2 Å². The number of carbonyl (C=O) groups excluding carboxylic acids is 2. The van der Waals surface area contributed by atoms with E-state index in [0.29, 0.717) is 32.6 Å². The first kappa shape index (κ1) is 24.4. The molecule has 0 saturated carbocycles. The van der Waals surface area contributed by atoms with Crippen LogP contribution in [0.3, 0.4) is 0 Å². The number of nitrogens with zero attached hydrogens (tertiary/aromatic N) is 3. The highest BCUT2D eigenvalue weighted by Gasteiger charge is 2.21. The summed E-state index contributed by atoms with van der Waals surface area (Å²) >= 11 is 0. The molecule has 0 radical (unpaired) electrons. The second kappa shape index (κ2) is 12.7. The monoisotopic (exact) mass is 405 g/mol. The molecule has 148 valence electrons. The topological polar surface area (TPSA) is 77.6 Å². The molecule has 2 amide bonds. The van der Waals surface area contributed by atoms with Crippen LogP contribution in [0.1, 0.15) is 13.3 Å². The van der Waals surface area contributed by atoms with Gasteiger partial charge in [-0.1, -0.05) is 13.0 Å². The zero-order chi connectivity index (χ0) is 17.4. The average Bonchev–Trinajstić information content (AvgIpc) is 2.62. The van der Waals surface area contributed by atoms with E-state index in [2.05, 4.69) is 20.5 Å². The molecule has 0 spiro atoms. The summed E-state index contributed by atoms with van der Waals surface area (Å²) in [5.74, 6) is 0.941. The summed E-state index contributed by atoms with van der Waals surface area (Å²) in [7, 11) is 1.82. The van der Waals surface area contributed by atoms with E-state index >= 15 is 0 Å². The van der Waals surface area contributed by atoms with Gasteiger partial charge in [-0.3, -0.25) is 9.59 Å². The number of carbonyl (C=O) groups is 2. The summed E-state index contributed by atoms with van der Waals surface area (Å²) in [6.07, 6.45) is 2.13. The van der Waals surface area contributed by atoms with E-state index in [1.54, 1.807) is 6.20 Å². The van der Waals surface area contributed by atoms with Gasteiger partial charge in [0.2, 0.25) is 11.8 Å². The summed E-state index contributed by atoms with van der Waals surface area (Å²) in [4.78, 5) is 32.4. The van der Waals surface area contributed by atoms with E-state index in [1.165, 1.54) is 0 Å². The van der Waals surface area contributed by atoms with Gasteiger partial charge in [0, 0.05) is 57.8 Å². The number of hydrogen-bond donors (Lipinski definition) is 2. The second-order valence-corrected chi connectivity index (χ2v) is 6.06. The normalized spacial score (nSPS) is 14.7. The van der Waals surface area contributed by atoms with Gasteiger partial charge in [-0.05, 0) is 19.2 Å². The first-order valence-corrected chi connectivity index (χ1v) is 8.48. The van der Waals surface area contributed by atoms with E-state index in [4.69, 9.17) is 0 Å². The SMILES string of the molecule is CNCC(C)C(=O)NCCC(=O)N1CCN(c2ccccn2)CC1.Cl.Cl. The van der Waals surface area contributed by atoms with E-state index in [-0.39, 0.29) is 42.5 Å². The summed E-state index contributed by atoms with van der Waals surface area (Å²) < 4.78 is 0. The molecule has 7 nitrogen and oxygen atoms in total. The maximum Gasteiger partial charge on any atom is 0.224 e. The number of halogens is 2. The Morgan fingerprint density at radius 2 is 1.88 bits per heavy atom. The molecule has 1 aliphatic rings. The molecule has 1 aliphatic heterocycles. The van der Waals surface area contributed by atoms with Crippen LogP contribution < -0.4 is 15.5 Å². The first-order chi connectivity index (χ1) is 11.6. The molecule has 0 bridgehead atoms. The van der Waals surface area contributed by atoms with E-state index in [1.807, 2.05) is 37.1 Å². The first-order valence-electron chi connectivity index (χ1n) is 8.48. The number of anilines is 1. The standard InChI is InChI=1S/C17H27N5O2.2ClH/c1-14(13-18-2)17(24)20-8-6-16(23)22-11-9-21(10-12-22)15-5-3-4-7-19-15;;/h3-5,7,14,18H,6,8-13H2,1-2H3,(H,20,24);2*1H. The van der Waals surface area contributed by atoms with Crippen LogP contribution in [-0.2, 0) is 9.59 Å². The Morgan fingerprint density at radius 1 is 1.19 bits per heavy atom. The van der Waals surface area contributed by atoms with Crippen molar-refractivity contribution in [2.45, 2.75) is 13.3 Å². The van der Waals surface area contributed by atoms with Gasteiger partial charge in [-0.25, -0.2) is 4.98 Å². The molecule has 1 unspecified atom stereocenters. The molecule has 1 aromatic rings. The van der Waals surface area contributed by atoms with Crippen molar-refractivity contribution in [1.29, 1.82) is 0 Å². The number of nitrogens with one attached hydrogen (secondary N) is 2. The van der Waals surface area contributed by atoms with Gasteiger partial charge in [0.1, 0.15) is 5.82 Å². The Hall–Kier alpha value is -1.57.